The van der Waals surface area contributed by atoms with Gasteiger partial charge in [-0.25, -0.2) is 4.08 Å². The van der Waals surface area contributed by atoms with Gasteiger partial charge in [0.1, 0.15) is 0 Å². The van der Waals surface area contributed by atoms with E-state index in [0.717, 1.165) is 0 Å². The Hall–Kier alpha value is 0.620. The van der Waals surface area contributed by atoms with E-state index in [0.29, 0.717) is 5.30 Å². The third-order valence-electron chi connectivity index (χ3n) is 1.85. The Labute approximate surface area is 108 Å². The lowest BCUT2D eigenvalue weighted by Gasteiger charge is -2.40. The number of nitrogens with zero attached hydrogens (tertiary/aromatic N) is 1. The van der Waals surface area contributed by atoms with Crippen LogP contribution in [0, 0.1) is 0 Å². The minimum Gasteiger partial charge on any atom is -0.806 e. The highest BCUT2D eigenvalue weighted by molar-refractivity contribution is 9.50. The quantitative estimate of drug-likeness (QED) is 0.628. The zero-order valence-corrected chi connectivity index (χ0v) is 12.6. The topological polar surface area (TPSA) is 26.3 Å². The van der Waals surface area contributed by atoms with Crippen LogP contribution in [0.2, 0.25) is 0 Å². The zero-order valence-electron chi connectivity index (χ0n) is 8.46. The van der Waals surface area contributed by atoms with Crippen molar-refractivity contribution >= 4 is 48.7 Å². The van der Waals surface area contributed by atoms with Crippen molar-refractivity contribution in [2.24, 2.45) is 0 Å². The highest BCUT2D eigenvalue weighted by Crippen LogP contribution is 2.48. The van der Waals surface area contributed by atoms with Gasteiger partial charge in [0.25, 0.3) is 0 Å². The molecule has 1 atom stereocenters. The summed E-state index contributed by atoms with van der Waals surface area (Å²) in [6.07, 6.45) is -2.88. The Morgan fingerprint density at radius 1 is 1.40 bits per heavy atom. The largest absolute Gasteiger partial charge is 0.806 e. The normalized spacial score (nSPS) is 15.6. The zero-order chi connectivity index (χ0) is 11.5. The van der Waals surface area contributed by atoms with E-state index in [1.807, 2.05) is 44.2 Å². The molecule has 0 saturated heterocycles. The predicted octanol–water partition coefficient (Wildman–Crippen LogP) is 2.65. The summed E-state index contributed by atoms with van der Waals surface area (Å²) in [6.45, 7) is 3.94. The molecule has 0 aliphatic carbocycles. The molecule has 0 radical (unpaired) electrons. The second kappa shape index (κ2) is 5.80. The standard InChI is InChI=1S/C9H13BrNOPS2/c1-8(2)11(15-10)13(12,14)9-6-4-3-5-7-9/h3-8H,1-2H3,(H,12,14)/p-1. The van der Waals surface area contributed by atoms with Gasteiger partial charge in [-0.2, -0.15) is 0 Å². The lowest BCUT2D eigenvalue weighted by molar-refractivity contribution is -0.165. The fraction of sp³-hybridized carbons (Fsp3) is 0.333. The summed E-state index contributed by atoms with van der Waals surface area (Å²) in [5.41, 5.74) is 0. The molecule has 6 heteroatoms. The van der Waals surface area contributed by atoms with Crippen LogP contribution in [0.15, 0.2) is 30.3 Å². The van der Waals surface area contributed by atoms with Crippen molar-refractivity contribution < 1.29 is 4.89 Å². The van der Waals surface area contributed by atoms with Gasteiger partial charge in [0.15, 0.2) is 0 Å². The van der Waals surface area contributed by atoms with Crippen molar-refractivity contribution in [3.63, 3.8) is 0 Å². The maximum Gasteiger partial charge on any atom is 0.0193 e. The second-order valence-corrected chi connectivity index (χ2v) is 8.46. The van der Waals surface area contributed by atoms with Gasteiger partial charge in [-0.1, -0.05) is 42.1 Å². The van der Waals surface area contributed by atoms with E-state index in [4.69, 9.17) is 11.8 Å². The lowest BCUT2D eigenvalue weighted by atomic mass is 10.4. The van der Waals surface area contributed by atoms with Crippen LogP contribution in [-0.2, 0) is 11.8 Å². The highest BCUT2D eigenvalue weighted by Gasteiger charge is 2.19. The lowest BCUT2D eigenvalue weighted by Crippen LogP contribution is -2.31. The molecule has 1 unspecified atom stereocenters. The van der Waals surface area contributed by atoms with Gasteiger partial charge < -0.3 is 4.89 Å². The van der Waals surface area contributed by atoms with Crippen molar-refractivity contribution in [2.75, 3.05) is 0 Å². The molecule has 84 valence electrons. The van der Waals surface area contributed by atoms with E-state index >= 15 is 0 Å². The summed E-state index contributed by atoms with van der Waals surface area (Å²) in [5, 5.41) is 0.709. The van der Waals surface area contributed by atoms with E-state index in [2.05, 4.69) is 14.8 Å². The monoisotopic (exact) mass is 324 g/mol. The van der Waals surface area contributed by atoms with Crippen molar-refractivity contribution in [1.29, 1.82) is 0 Å². The summed E-state index contributed by atoms with van der Waals surface area (Å²) >= 11 is 8.49. The Morgan fingerprint density at radius 3 is 2.33 bits per heavy atom. The maximum absolute atomic E-state index is 12.5. The van der Waals surface area contributed by atoms with Crippen LogP contribution in [0.5, 0.6) is 0 Å². The summed E-state index contributed by atoms with van der Waals surface area (Å²) < 4.78 is 1.72. The molecule has 0 spiro atoms. The van der Waals surface area contributed by atoms with Crippen LogP contribution in [0.1, 0.15) is 13.8 Å². The van der Waals surface area contributed by atoms with Crippen LogP contribution in [0.4, 0.5) is 0 Å². The average molecular weight is 325 g/mol. The predicted molar refractivity (Wildman–Crippen MR) is 73.9 cm³/mol. The molecule has 0 saturated carbocycles. The molecule has 0 aromatic heterocycles. The van der Waals surface area contributed by atoms with Gasteiger partial charge in [-0.05, 0) is 25.6 Å². The Kier molecular flexibility index (Phi) is 5.29. The SMILES string of the molecule is CC(C)N(SBr)P([O-])(=S)c1ccccc1. The Morgan fingerprint density at radius 2 is 1.93 bits per heavy atom. The molecule has 0 N–H and O–H groups in total. The number of rotatable bonds is 4. The third-order valence-corrected chi connectivity index (χ3v) is 8.36. The summed E-state index contributed by atoms with van der Waals surface area (Å²) in [5.74, 6) is 0. The molecule has 1 aromatic carbocycles. The fourth-order valence-corrected chi connectivity index (χ4v) is 7.95. The van der Waals surface area contributed by atoms with Gasteiger partial charge in [-0.15, -0.1) is 0 Å². The number of hydrogen-bond donors (Lipinski definition) is 0. The van der Waals surface area contributed by atoms with Crippen molar-refractivity contribution in [3.05, 3.63) is 30.3 Å². The molecule has 15 heavy (non-hydrogen) atoms. The molecule has 0 aliphatic rings. The first kappa shape index (κ1) is 13.7. The molecule has 1 rings (SSSR count). The van der Waals surface area contributed by atoms with Crippen LogP contribution in [-0.4, -0.2) is 10.1 Å². The van der Waals surface area contributed by atoms with E-state index in [1.165, 1.54) is 10.4 Å². The van der Waals surface area contributed by atoms with E-state index < -0.39 is 6.42 Å². The number of hydrogen-bond acceptors (Lipinski definition) is 3. The van der Waals surface area contributed by atoms with Crippen molar-refractivity contribution in [2.45, 2.75) is 19.9 Å². The summed E-state index contributed by atoms with van der Waals surface area (Å²) in [4.78, 5) is 12.5. The number of benzene rings is 1. The van der Waals surface area contributed by atoms with Crippen LogP contribution in [0.25, 0.3) is 0 Å². The van der Waals surface area contributed by atoms with Crippen molar-refractivity contribution in [1.82, 2.24) is 4.08 Å². The molecule has 2 nitrogen and oxygen atoms in total. The number of halogens is 1. The first-order valence-electron chi connectivity index (χ1n) is 4.45. The van der Waals surface area contributed by atoms with Crippen LogP contribution in [0.3, 0.4) is 0 Å². The summed E-state index contributed by atoms with van der Waals surface area (Å²) in [6, 6.07) is 9.34. The van der Waals surface area contributed by atoms with Crippen LogP contribution < -0.4 is 10.2 Å². The smallest absolute Gasteiger partial charge is 0.0193 e. The van der Waals surface area contributed by atoms with Crippen molar-refractivity contribution in [3.8, 4) is 0 Å². The van der Waals surface area contributed by atoms with Crippen LogP contribution >= 0.6 is 31.6 Å². The van der Waals surface area contributed by atoms with Gasteiger partial charge in [0, 0.05) is 31.2 Å². The molecule has 0 bridgehead atoms. The molecule has 0 aliphatic heterocycles. The molecule has 0 amide bonds. The van der Waals surface area contributed by atoms with Gasteiger partial charge in [-0.3, -0.25) is 0 Å². The van der Waals surface area contributed by atoms with Gasteiger partial charge in [0.05, 0.1) is 0 Å². The minimum atomic E-state index is -2.88. The molecule has 1 aromatic rings. The second-order valence-electron chi connectivity index (χ2n) is 3.32. The minimum absolute atomic E-state index is 0.123. The van der Waals surface area contributed by atoms with Gasteiger partial charge in [0.2, 0.25) is 0 Å². The van der Waals surface area contributed by atoms with Gasteiger partial charge >= 0.3 is 0 Å². The first-order chi connectivity index (χ1) is 7.00. The average Bonchev–Trinajstić information content (AvgIpc) is 2.19. The Bertz CT molecular complexity index is 360. The maximum atomic E-state index is 12.5. The molecule has 0 heterocycles. The first-order valence-corrected chi connectivity index (χ1v) is 9.74. The molecule has 0 fully saturated rings. The van der Waals surface area contributed by atoms with E-state index in [9.17, 15) is 4.89 Å². The van der Waals surface area contributed by atoms with E-state index in [-0.39, 0.29) is 6.04 Å². The van der Waals surface area contributed by atoms with E-state index in [1.54, 1.807) is 4.08 Å². The highest BCUT2D eigenvalue weighted by atomic mass is 79.9. The summed E-state index contributed by atoms with van der Waals surface area (Å²) in [7, 11) is 1.26. The Balaban J connectivity index is 3.06. The third kappa shape index (κ3) is 3.29. The molecular formula is C9H12BrNOPS2-. The fourth-order valence-electron chi connectivity index (χ4n) is 1.15. The molecular weight excluding hydrogens is 313 g/mol.